The van der Waals surface area contributed by atoms with Gasteiger partial charge in [-0.15, -0.1) is 0 Å². The van der Waals surface area contributed by atoms with Crippen LogP contribution in [0.3, 0.4) is 0 Å². The van der Waals surface area contributed by atoms with Gasteiger partial charge < -0.3 is 14.4 Å². The van der Waals surface area contributed by atoms with Crippen molar-refractivity contribution in [1.82, 2.24) is 4.90 Å². The minimum absolute atomic E-state index is 0.0206. The Bertz CT molecular complexity index is 732. The molecule has 1 aliphatic heterocycles. The topological polar surface area (TPSA) is 38.8 Å². The summed E-state index contributed by atoms with van der Waals surface area (Å²) in [6.45, 7) is 5.77. The Labute approximate surface area is 174 Å². The van der Waals surface area contributed by atoms with E-state index < -0.39 is 0 Å². The molecule has 1 aliphatic rings. The first-order chi connectivity index (χ1) is 14.3. The van der Waals surface area contributed by atoms with E-state index in [1.807, 2.05) is 49.6 Å². The zero-order chi connectivity index (χ0) is 20.3. The highest BCUT2D eigenvalue weighted by Gasteiger charge is 2.26. The molecule has 1 saturated heterocycles. The van der Waals surface area contributed by atoms with Crippen molar-refractivity contribution in [2.24, 2.45) is 5.92 Å². The third-order valence-corrected chi connectivity index (χ3v) is 5.23. The fraction of sp³-hybridized carbons (Fsp3) is 0.400. The third kappa shape index (κ3) is 6.47. The number of rotatable bonds is 9. The van der Waals surface area contributed by atoms with Gasteiger partial charge in [0.15, 0.2) is 0 Å². The number of piperidine rings is 1. The molecule has 0 aliphatic carbocycles. The first-order valence-electron chi connectivity index (χ1n) is 10.6. The van der Waals surface area contributed by atoms with Crippen LogP contribution in [0, 0.1) is 5.92 Å². The highest BCUT2D eigenvalue weighted by molar-refractivity contribution is 5.79. The van der Waals surface area contributed by atoms with E-state index in [1.54, 1.807) is 0 Å². The molecule has 1 heterocycles. The van der Waals surface area contributed by atoms with Crippen LogP contribution in [0.2, 0.25) is 0 Å². The molecule has 154 valence electrons. The van der Waals surface area contributed by atoms with Gasteiger partial charge in [0, 0.05) is 18.7 Å². The standard InChI is InChI=1S/C25H31NO3/c1-2-29-25(27)23-15-9-16-26(19-23)17-10-18-28-20-24(21-11-5-3-6-12-21)22-13-7-4-8-14-22/h3-8,11-14,20,23H,2,9-10,15-19H2,1H3. The summed E-state index contributed by atoms with van der Waals surface area (Å²) in [7, 11) is 0. The molecule has 0 spiro atoms. The van der Waals surface area contributed by atoms with Gasteiger partial charge in [0.2, 0.25) is 0 Å². The molecule has 0 saturated carbocycles. The van der Waals surface area contributed by atoms with E-state index in [9.17, 15) is 4.79 Å². The summed E-state index contributed by atoms with van der Waals surface area (Å²) in [6, 6.07) is 20.6. The van der Waals surface area contributed by atoms with Crippen LogP contribution in [-0.2, 0) is 14.3 Å². The molecule has 0 bridgehead atoms. The fourth-order valence-corrected chi connectivity index (χ4v) is 3.76. The number of carbonyl (C=O) groups excluding carboxylic acids is 1. The zero-order valence-electron chi connectivity index (χ0n) is 17.3. The number of carbonyl (C=O) groups is 1. The molecular weight excluding hydrogens is 362 g/mol. The van der Waals surface area contributed by atoms with E-state index in [0.29, 0.717) is 13.2 Å². The normalized spacial score (nSPS) is 16.8. The lowest BCUT2D eigenvalue weighted by Gasteiger charge is -2.31. The van der Waals surface area contributed by atoms with E-state index in [1.165, 1.54) is 0 Å². The van der Waals surface area contributed by atoms with E-state index in [0.717, 1.165) is 55.6 Å². The van der Waals surface area contributed by atoms with Crippen molar-refractivity contribution in [2.45, 2.75) is 26.2 Å². The van der Waals surface area contributed by atoms with Gasteiger partial charge in [0.05, 0.1) is 25.4 Å². The van der Waals surface area contributed by atoms with Gasteiger partial charge in [-0.25, -0.2) is 0 Å². The van der Waals surface area contributed by atoms with Crippen LogP contribution < -0.4 is 0 Å². The van der Waals surface area contributed by atoms with E-state index in [2.05, 4.69) is 29.2 Å². The number of nitrogens with zero attached hydrogens (tertiary/aromatic N) is 1. The van der Waals surface area contributed by atoms with E-state index in [4.69, 9.17) is 9.47 Å². The first kappa shape index (κ1) is 21.1. The molecular formula is C25H31NO3. The highest BCUT2D eigenvalue weighted by atomic mass is 16.5. The summed E-state index contributed by atoms with van der Waals surface area (Å²) in [4.78, 5) is 14.3. The minimum Gasteiger partial charge on any atom is -0.500 e. The SMILES string of the molecule is CCOC(=O)C1CCCN(CCCOC=C(c2ccccc2)c2ccccc2)C1. The second-order valence-electron chi connectivity index (χ2n) is 7.38. The molecule has 4 nitrogen and oxygen atoms in total. The van der Waals surface area contributed by atoms with Gasteiger partial charge >= 0.3 is 5.97 Å². The minimum atomic E-state index is -0.0493. The number of hydrogen-bond acceptors (Lipinski definition) is 4. The average molecular weight is 394 g/mol. The van der Waals surface area contributed by atoms with Gasteiger partial charge in [-0.05, 0) is 43.9 Å². The molecule has 0 radical (unpaired) electrons. The van der Waals surface area contributed by atoms with Crippen LogP contribution in [-0.4, -0.2) is 43.7 Å². The van der Waals surface area contributed by atoms with Gasteiger partial charge in [-0.3, -0.25) is 4.79 Å². The molecule has 0 aromatic heterocycles. The lowest BCUT2D eigenvalue weighted by atomic mass is 9.98. The van der Waals surface area contributed by atoms with Crippen molar-refractivity contribution < 1.29 is 14.3 Å². The predicted octanol–water partition coefficient (Wildman–Crippen LogP) is 4.76. The number of hydrogen-bond donors (Lipinski definition) is 0. The lowest BCUT2D eigenvalue weighted by Crippen LogP contribution is -2.40. The van der Waals surface area contributed by atoms with E-state index >= 15 is 0 Å². The van der Waals surface area contributed by atoms with Crippen LogP contribution in [0.25, 0.3) is 5.57 Å². The molecule has 2 aromatic rings. The van der Waals surface area contributed by atoms with E-state index in [-0.39, 0.29) is 11.9 Å². The third-order valence-electron chi connectivity index (χ3n) is 5.23. The monoisotopic (exact) mass is 393 g/mol. The summed E-state index contributed by atoms with van der Waals surface area (Å²) in [5, 5.41) is 0. The summed E-state index contributed by atoms with van der Waals surface area (Å²) in [6.07, 6.45) is 4.80. The molecule has 4 heteroatoms. The maximum absolute atomic E-state index is 12.0. The summed E-state index contributed by atoms with van der Waals surface area (Å²) in [5.41, 5.74) is 3.38. The Kier molecular flexibility index (Phi) is 8.32. The molecule has 29 heavy (non-hydrogen) atoms. The summed E-state index contributed by atoms with van der Waals surface area (Å²) in [5.74, 6) is -0.0287. The van der Waals surface area contributed by atoms with Crippen LogP contribution in [0.15, 0.2) is 66.9 Å². The van der Waals surface area contributed by atoms with Crippen molar-refractivity contribution in [2.75, 3.05) is 32.8 Å². The smallest absolute Gasteiger partial charge is 0.310 e. The average Bonchev–Trinajstić information content (AvgIpc) is 2.78. The van der Waals surface area contributed by atoms with Gasteiger partial charge in [-0.1, -0.05) is 60.7 Å². The molecule has 1 atom stereocenters. The summed E-state index contributed by atoms with van der Waals surface area (Å²) >= 11 is 0. The number of benzene rings is 2. The van der Waals surface area contributed by atoms with Crippen molar-refractivity contribution in [3.63, 3.8) is 0 Å². The Morgan fingerprint density at radius 3 is 2.34 bits per heavy atom. The first-order valence-corrected chi connectivity index (χ1v) is 10.6. The van der Waals surface area contributed by atoms with Crippen molar-refractivity contribution in [3.05, 3.63) is 78.1 Å². The molecule has 0 N–H and O–H groups in total. The van der Waals surface area contributed by atoms with Crippen molar-refractivity contribution >= 4 is 11.5 Å². The molecule has 2 aromatic carbocycles. The highest BCUT2D eigenvalue weighted by Crippen LogP contribution is 2.23. The van der Waals surface area contributed by atoms with Gasteiger partial charge in [-0.2, -0.15) is 0 Å². The van der Waals surface area contributed by atoms with Crippen molar-refractivity contribution in [3.8, 4) is 0 Å². The largest absolute Gasteiger partial charge is 0.500 e. The Hall–Kier alpha value is -2.59. The molecule has 1 unspecified atom stereocenters. The van der Waals surface area contributed by atoms with Crippen LogP contribution in [0.1, 0.15) is 37.3 Å². The fourth-order valence-electron chi connectivity index (χ4n) is 3.76. The van der Waals surface area contributed by atoms with Gasteiger partial charge in [0.1, 0.15) is 0 Å². The number of ether oxygens (including phenoxy) is 2. The maximum Gasteiger partial charge on any atom is 0.310 e. The Morgan fingerprint density at radius 2 is 1.72 bits per heavy atom. The van der Waals surface area contributed by atoms with Gasteiger partial charge in [0.25, 0.3) is 0 Å². The summed E-state index contributed by atoms with van der Waals surface area (Å²) < 4.78 is 11.1. The van der Waals surface area contributed by atoms with Crippen LogP contribution >= 0.6 is 0 Å². The van der Waals surface area contributed by atoms with Crippen LogP contribution in [0.5, 0.6) is 0 Å². The molecule has 3 rings (SSSR count). The number of likely N-dealkylation sites (tertiary alicyclic amines) is 1. The van der Waals surface area contributed by atoms with Crippen molar-refractivity contribution in [1.29, 1.82) is 0 Å². The number of esters is 1. The molecule has 1 fully saturated rings. The Balaban J connectivity index is 1.51. The predicted molar refractivity (Wildman–Crippen MR) is 116 cm³/mol. The maximum atomic E-state index is 12.0. The second kappa shape index (κ2) is 11.4. The zero-order valence-corrected chi connectivity index (χ0v) is 17.3. The lowest BCUT2D eigenvalue weighted by molar-refractivity contribution is -0.149. The second-order valence-corrected chi connectivity index (χ2v) is 7.38. The van der Waals surface area contributed by atoms with Crippen LogP contribution in [0.4, 0.5) is 0 Å². The quantitative estimate of drug-likeness (QED) is 0.350. The Morgan fingerprint density at radius 1 is 1.07 bits per heavy atom. The molecule has 0 amide bonds.